The van der Waals surface area contributed by atoms with E-state index in [0.29, 0.717) is 16.8 Å². The molecule has 0 saturated carbocycles. The molecule has 3 aromatic rings. The molecule has 152 valence electrons. The second kappa shape index (κ2) is 8.73. The SMILES string of the molecule is O=c1ccc(-c2cnc(OCCOC(F)(F)F)nc2)nn1Cc1cncc(F)c1. The quantitative estimate of drug-likeness (QED) is 0.435. The number of rotatable bonds is 7. The average molecular weight is 411 g/mol. The lowest BCUT2D eigenvalue weighted by Gasteiger charge is -2.09. The van der Waals surface area contributed by atoms with Gasteiger partial charge < -0.3 is 4.74 Å². The van der Waals surface area contributed by atoms with Gasteiger partial charge in [-0.05, 0) is 17.7 Å². The van der Waals surface area contributed by atoms with Crippen molar-refractivity contribution in [2.75, 3.05) is 13.2 Å². The zero-order valence-corrected chi connectivity index (χ0v) is 14.6. The van der Waals surface area contributed by atoms with Crippen LogP contribution in [-0.2, 0) is 11.3 Å². The molecule has 0 aliphatic carbocycles. The van der Waals surface area contributed by atoms with Gasteiger partial charge in [-0.2, -0.15) is 5.10 Å². The van der Waals surface area contributed by atoms with Crippen molar-refractivity contribution in [1.82, 2.24) is 24.7 Å². The first kappa shape index (κ1) is 20.3. The standard InChI is InChI=1S/C17H13F4N5O3/c18-13-5-11(6-22-9-13)10-26-15(27)2-1-14(25-26)12-7-23-16(24-8-12)28-3-4-29-17(19,20)21/h1-2,5-9H,3-4,10H2. The third kappa shape index (κ3) is 6.04. The summed E-state index contributed by atoms with van der Waals surface area (Å²) < 4.78 is 58.6. The summed E-state index contributed by atoms with van der Waals surface area (Å²) >= 11 is 0. The first-order valence-corrected chi connectivity index (χ1v) is 8.14. The predicted octanol–water partition coefficient (Wildman–Crippen LogP) is 2.20. The highest BCUT2D eigenvalue weighted by Gasteiger charge is 2.28. The summed E-state index contributed by atoms with van der Waals surface area (Å²) in [6.45, 7) is -1.07. The molecule has 0 saturated heterocycles. The second-order valence-corrected chi connectivity index (χ2v) is 5.62. The maximum atomic E-state index is 13.3. The second-order valence-electron chi connectivity index (χ2n) is 5.62. The van der Waals surface area contributed by atoms with E-state index in [4.69, 9.17) is 4.74 Å². The number of hydrogen-bond donors (Lipinski definition) is 0. The molecule has 0 radical (unpaired) electrons. The van der Waals surface area contributed by atoms with Crippen LogP contribution in [0, 0.1) is 5.82 Å². The molecule has 0 spiro atoms. The molecule has 3 rings (SSSR count). The van der Waals surface area contributed by atoms with Crippen LogP contribution in [0.15, 0.2) is 47.8 Å². The van der Waals surface area contributed by atoms with Gasteiger partial charge in [-0.1, -0.05) is 0 Å². The Labute approximate surface area is 160 Å². The lowest BCUT2D eigenvalue weighted by Crippen LogP contribution is -2.23. The molecule has 29 heavy (non-hydrogen) atoms. The molecule has 8 nitrogen and oxygen atoms in total. The minimum atomic E-state index is -4.73. The molecule has 3 aromatic heterocycles. The zero-order valence-electron chi connectivity index (χ0n) is 14.6. The number of hydrogen-bond acceptors (Lipinski definition) is 7. The fraction of sp³-hybridized carbons (Fsp3) is 0.235. The Morgan fingerprint density at radius 2 is 1.79 bits per heavy atom. The van der Waals surface area contributed by atoms with Crippen LogP contribution >= 0.6 is 0 Å². The van der Waals surface area contributed by atoms with E-state index in [1.807, 2.05) is 0 Å². The monoisotopic (exact) mass is 411 g/mol. The Bertz CT molecular complexity index is 1020. The highest BCUT2D eigenvalue weighted by atomic mass is 19.4. The summed E-state index contributed by atoms with van der Waals surface area (Å²) in [6.07, 6.45) is 0.417. The molecule has 12 heteroatoms. The third-order valence-electron chi connectivity index (χ3n) is 3.46. The van der Waals surface area contributed by atoms with Crippen LogP contribution in [0.5, 0.6) is 6.01 Å². The largest absolute Gasteiger partial charge is 0.522 e. The van der Waals surface area contributed by atoms with Crippen molar-refractivity contribution in [2.45, 2.75) is 12.9 Å². The fourth-order valence-corrected chi connectivity index (χ4v) is 2.24. The van der Waals surface area contributed by atoms with E-state index in [0.717, 1.165) is 10.9 Å². The maximum absolute atomic E-state index is 13.3. The van der Waals surface area contributed by atoms with Crippen LogP contribution in [0.3, 0.4) is 0 Å². The minimum Gasteiger partial charge on any atom is -0.461 e. The van der Waals surface area contributed by atoms with Crippen LogP contribution in [0.1, 0.15) is 5.56 Å². The van der Waals surface area contributed by atoms with Gasteiger partial charge in [-0.15, -0.1) is 13.2 Å². The van der Waals surface area contributed by atoms with Gasteiger partial charge in [0.25, 0.3) is 5.56 Å². The van der Waals surface area contributed by atoms with E-state index in [9.17, 15) is 22.4 Å². The molecular formula is C17H13F4N5O3. The Morgan fingerprint density at radius 3 is 2.48 bits per heavy atom. The number of ether oxygens (including phenoxy) is 2. The van der Waals surface area contributed by atoms with Crippen LogP contribution in [-0.4, -0.2) is 44.3 Å². The molecular weight excluding hydrogens is 398 g/mol. The number of nitrogens with zero attached hydrogens (tertiary/aromatic N) is 5. The molecule has 0 amide bonds. The van der Waals surface area contributed by atoms with Crippen LogP contribution in [0.4, 0.5) is 17.6 Å². The minimum absolute atomic E-state index is 0.0126. The van der Waals surface area contributed by atoms with Crippen LogP contribution in [0.2, 0.25) is 0 Å². The smallest absolute Gasteiger partial charge is 0.461 e. The molecule has 0 bridgehead atoms. The van der Waals surface area contributed by atoms with E-state index in [-0.39, 0.29) is 19.2 Å². The Kier molecular flexibility index (Phi) is 6.12. The lowest BCUT2D eigenvalue weighted by molar-refractivity contribution is -0.325. The zero-order chi connectivity index (χ0) is 20.9. The highest BCUT2D eigenvalue weighted by molar-refractivity contribution is 5.55. The van der Waals surface area contributed by atoms with Gasteiger partial charge in [0.05, 0.1) is 25.0 Å². The van der Waals surface area contributed by atoms with Crippen LogP contribution < -0.4 is 10.3 Å². The molecule has 0 N–H and O–H groups in total. The predicted molar refractivity (Wildman–Crippen MR) is 90.3 cm³/mol. The van der Waals surface area contributed by atoms with E-state index in [1.54, 1.807) is 0 Å². The molecule has 0 aliphatic rings. The van der Waals surface area contributed by atoms with Crippen molar-refractivity contribution in [2.24, 2.45) is 0 Å². The van der Waals surface area contributed by atoms with Gasteiger partial charge in [-0.25, -0.2) is 19.0 Å². The Morgan fingerprint density at radius 1 is 1.03 bits per heavy atom. The molecule has 0 unspecified atom stereocenters. The lowest BCUT2D eigenvalue weighted by atomic mass is 10.2. The maximum Gasteiger partial charge on any atom is 0.522 e. The van der Waals surface area contributed by atoms with Crippen molar-refractivity contribution < 1.29 is 27.0 Å². The van der Waals surface area contributed by atoms with Crippen molar-refractivity contribution in [3.8, 4) is 17.3 Å². The molecule has 3 heterocycles. The number of pyridine rings is 1. The van der Waals surface area contributed by atoms with Crippen molar-refractivity contribution >= 4 is 0 Å². The van der Waals surface area contributed by atoms with E-state index in [1.165, 1.54) is 36.8 Å². The normalized spacial score (nSPS) is 11.4. The van der Waals surface area contributed by atoms with Gasteiger partial charge in [0.1, 0.15) is 12.4 Å². The summed E-state index contributed by atoms with van der Waals surface area (Å²) in [7, 11) is 0. The van der Waals surface area contributed by atoms with Crippen LogP contribution in [0.25, 0.3) is 11.3 Å². The average Bonchev–Trinajstić information content (AvgIpc) is 2.67. The van der Waals surface area contributed by atoms with E-state index in [2.05, 4.69) is 24.8 Å². The van der Waals surface area contributed by atoms with Gasteiger partial charge in [0, 0.05) is 30.2 Å². The number of halogens is 4. The third-order valence-corrected chi connectivity index (χ3v) is 3.46. The van der Waals surface area contributed by atoms with Gasteiger partial charge in [0.15, 0.2) is 0 Å². The summed E-state index contributed by atoms with van der Waals surface area (Å²) in [5.74, 6) is -0.531. The van der Waals surface area contributed by atoms with Gasteiger partial charge in [-0.3, -0.25) is 14.5 Å². The summed E-state index contributed by atoms with van der Waals surface area (Å²) in [6, 6.07) is 3.84. The number of alkyl halides is 3. The van der Waals surface area contributed by atoms with E-state index < -0.39 is 24.3 Å². The highest BCUT2D eigenvalue weighted by Crippen LogP contribution is 2.17. The summed E-state index contributed by atoms with van der Waals surface area (Å²) in [4.78, 5) is 23.5. The van der Waals surface area contributed by atoms with Crippen molar-refractivity contribution in [1.29, 1.82) is 0 Å². The van der Waals surface area contributed by atoms with Gasteiger partial charge >= 0.3 is 12.4 Å². The molecule has 0 aromatic carbocycles. The Hall–Kier alpha value is -3.41. The molecule has 0 aliphatic heterocycles. The van der Waals surface area contributed by atoms with Crippen molar-refractivity contribution in [3.63, 3.8) is 0 Å². The Balaban J connectivity index is 1.68. The van der Waals surface area contributed by atoms with Crippen molar-refractivity contribution in [3.05, 3.63) is 64.7 Å². The summed E-state index contributed by atoms with van der Waals surface area (Å²) in [5.41, 5.74) is 0.859. The van der Waals surface area contributed by atoms with Gasteiger partial charge in [0.2, 0.25) is 0 Å². The summed E-state index contributed by atoms with van der Waals surface area (Å²) in [5, 5.41) is 4.19. The molecule has 0 atom stereocenters. The first-order valence-electron chi connectivity index (χ1n) is 8.14. The number of aromatic nitrogens is 5. The topological polar surface area (TPSA) is 92.0 Å². The molecule has 0 fully saturated rings. The fourth-order valence-electron chi connectivity index (χ4n) is 2.24. The first-order chi connectivity index (χ1) is 13.8. The van der Waals surface area contributed by atoms with E-state index >= 15 is 0 Å².